The summed E-state index contributed by atoms with van der Waals surface area (Å²) in [5, 5.41) is 22.8. The second kappa shape index (κ2) is 4.92. The Kier molecular flexibility index (Phi) is 3.23. The molecule has 0 aromatic heterocycles. The van der Waals surface area contributed by atoms with Crippen molar-refractivity contribution in [3.05, 3.63) is 38.3 Å². The second-order valence-corrected chi connectivity index (χ2v) is 6.11. The Labute approximate surface area is 122 Å². The fourth-order valence-electron chi connectivity index (χ4n) is 1.89. The van der Waals surface area contributed by atoms with Crippen LogP contribution >= 0.6 is 23.5 Å². The summed E-state index contributed by atoms with van der Waals surface area (Å²) < 4.78 is 5.78. The van der Waals surface area contributed by atoms with Gasteiger partial charge in [-0.25, -0.2) is 0 Å². The predicted octanol–water partition coefficient (Wildman–Crippen LogP) is 2.40. The van der Waals surface area contributed by atoms with Crippen LogP contribution in [0.3, 0.4) is 0 Å². The van der Waals surface area contributed by atoms with Gasteiger partial charge in [0.25, 0.3) is 0 Å². The number of ketones is 2. The van der Waals surface area contributed by atoms with E-state index < -0.39 is 23.1 Å². The average Bonchev–Trinajstić information content (AvgIpc) is 2.90. The van der Waals surface area contributed by atoms with Crippen LogP contribution in [0.25, 0.3) is 0 Å². The lowest BCUT2D eigenvalue weighted by molar-refractivity contribution is -0.117. The lowest BCUT2D eigenvalue weighted by Crippen LogP contribution is -2.16. The third-order valence-electron chi connectivity index (χ3n) is 2.82. The molecule has 3 rings (SSSR count). The largest absolute Gasteiger partial charge is 0.504 e. The van der Waals surface area contributed by atoms with Gasteiger partial charge >= 0.3 is 0 Å². The van der Waals surface area contributed by atoms with Gasteiger partial charge in [0, 0.05) is 0 Å². The molecule has 2 heterocycles. The van der Waals surface area contributed by atoms with Crippen molar-refractivity contribution in [3.8, 4) is 17.2 Å². The average molecular weight is 308 g/mol. The highest BCUT2D eigenvalue weighted by Crippen LogP contribution is 2.45. The number of carbonyl (C=O) groups excluding carboxylic acids is 2. The summed E-state index contributed by atoms with van der Waals surface area (Å²) in [5.41, 5.74) is 0.135. The molecule has 0 aliphatic carbocycles. The van der Waals surface area contributed by atoms with Crippen LogP contribution < -0.4 is 4.74 Å². The van der Waals surface area contributed by atoms with E-state index in [-0.39, 0.29) is 23.5 Å². The van der Waals surface area contributed by atoms with E-state index in [1.165, 1.54) is 35.7 Å². The van der Waals surface area contributed by atoms with E-state index in [4.69, 9.17) is 4.74 Å². The third-order valence-corrected chi connectivity index (χ3v) is 4.95. The zero-order valence-corrected chi connectivity index (χ0v) is 11.6. The van der Waals surface area contributed by atoms with Gasteiger partial charge in [0.1, 0.15) is 0 Å². The van der Waals surface area contributed by atoms with Crippen molar-refractivity contribution in [3.63, 3.8) is 0 Å². The van der Waals surface area contributed by atoms with Gasteiger partial charge in [0.15, 0.2) is 18.1 Å². The second-order valence-electron chi connectivity index (χ2n) is 4.02. The summed E-state index contributed by atoms with van der Waals surface area (Å²) in [7, 11) is 0. The maximum atomic E-state index is 12.5. The van der Waals surface area contributed by atoms with E-state index in [2.05, 4.69) is 0 Å². The lowest BCUT2D eigenvalue weighted by atomic mass is 10.0. The molecule has 0 amide bonds. The Morgan fingerprint density at radius 2 is 1.80 bits per heavy atom. The van der Waals surface area contributed by atoms with Crippen LogP contribution in [0.1, 0.15) is 10.4 Å². The first-order valence-electron chi connectivity index (χ1n) is 5.58. The quantitative estimate of drug-likeness (QED) is 0.432. The fraction of sp³-hybridized carbons (Fsp3) is 0.0769. The Hall–Kier alpha value is -1.86. The molecule has 2 aliphatic heterocycles. The third kappa shape index (κ3) is 1.99. The molecule has 0 fully saturated rings. The monoisotopic (exact) mass is 308 g/mol. The van der Waals surface area contributed by atoms with Crippen molar-refractivity contribution in [2.24, 2.45) is 0 Å². The molecule has 0 unspecified atom stereocenters. The molecule has 0 bridgehead atoms. The van der Waals surface area contributed by atoms with Crippen molar-refractivity contribution < 1.29 is 24.5 Å². The van der Waals surface area contributed by atoms with E-state index in [9.17, 15) is 19.8 Å². The van der Waals surface area contributed by atoms with Gasteiger partial charge in [0.2, 0.25) is 17.3 Å². The number of carbonyl (C=O) groups is 2. The van der Waals surface area contributed by atoms with Crippen LogP contribution in [0.15, 0.2) is 32.8 Å². The number of thioether (sulfide) groups is 2. The maximum Gasteiger partial charge on any atom is 0.205 e. The molecule has 20 heavy (non-hydrogen) atoms. The summed E-state index contributed by atoms with van der Waals surface area (Å²) in [6.07, 6.45) is 0. The van der Waals surface area contributed by atoms with E-state index >= 15 is 0 Å². The van der Waals surface area contributed by atoms with E-state index in [1.807, 2.05) is 0 Å². The SMILES string of the molecule is O=C1COc2c(ccc(O)c2O)C(=O)C1=C1SC=CS1. The molecule has 0 saturated carbocycles. The minimum atomic E-state index is -0.528. The summed E-state index contributed by atoms with van der Waals surface area (Å²) in [6.45, 7) is -0.351. The Morgan fingerprint density at radius 3 is 2.50 bits per heavy atom. The molecule has 2 aliphatic rings. The fourth-order valence-corrected chi connectivity index (χ4v) is 3.78. The highest BCUT2D eigenvalue weighted by Gasteiger charge is 2.33. The van der Waals surface area contributed by atoms with Crippen LogP contribution in [-0.4, -0.2) is 28.4 Å². The van der Waals surface area contributed by atoms with Crippen molar-refractivity contribution in [2.45, 2.75) is 0 Å². The normalized spacial score (nSPS) is 18.0. The van der Waals surface area contributed by atoms with Crippen molar-refractivity contribution in [1.82, 2.24) is 0 Å². The minimum Gasteiger partial charge on any atom is -0.504 e. The highest BCUT2D eigenvalue weighted by molar-refractivity contribution is 8.27. The van der Waals surface area contributed by atoms with Gasteiger partial charge in [-0.3, -0.25) is 9.59 Å². The van der Waals surface area contributed by atoms with Crippen LogP contribution in [-0.2, 0) is 4.79 Å². The maximum absolute atomic E-state index is 12.5. The van der Waals surface area contributed by atoms with Gasteiger partial charge in [-0.15, -0.1) is 0 Å². The lowest BCUT2D eigenvalue weighted by Gasteiger charge is -2.08. The van der Waals surface area contributed by atoms with Crippen LogP contribution in [0.5, 0.6) is 17.2 Å². The Bertz CT molecular complexity index is 680. The Morgan fingerprint density at radius 1 is 1.10 bits per heavy atom. The number of phenolic OH excluding ortho intramolecular Hbond substituents is 2. The summed E-state index contributed by atoms with van der Waals surface area (Å²) in [6, 6.07) is 2.53. The number of phenols is 2. The molecule has 5 nitrogen and oxygen atoms in total. The van der Waals surface area contributed by atoms with E-state index in [1.54, 1.807) is 10.8 Å². The van der Waals surface area contributed by atoms with E-state index in [0.29, 0.717) is 4.24 Å². The standard InChI is InChI=1S/C13H8O5S2/c14-7-2-1-6-10(16)9(13-19-3-4-20-13)8(15)5-18-12(6)11(7)17/h1-4,14,17H,5H2. The summed E-state index contributed by atoms with van der Waals surface area (Å²) in [5.74, 6) is -2.02. The number of hydrogen-bond acceptors (Lipinski definition) is 7. The number of aromatic hydroxyl groups is 2. The Balaban J connectivity index is 2.18. The van der Waals surface area contributed by atoms with Gasteiger partial charge in [0.05, 0.1) is 15.4 Å². The molecule has 0 saturated heterocycles. The first kappa shape index (κ1) is 13.1. The molecule has 7 heteroatoms. The zero-order valence-electron chi connectivity index (χ0n) is 9.95. The molecule has 0 atom stereocenters. The molecule has 0 spiro atoms. The van der Waals surface area contributed by atoms with Crippen LogP contribution in [0.2, 0.25) is 0 Å². The number of hydrogen-bond donors (Lipinski definition) is 2. The molecular formula is C13H8O5S2. The summed E-state index contributed by atoms with van der Waals surface area (Å²) in [4.78, 5) is 24.6. The molecule has 1 aromatic rings. The van der Waals surface area contributed by atoms with Crippen LogP contribution in [0.4, 0.5) is 0 Å². The van der Waals surface area contributed by atoms with Crippen molar-refractivity contribution in [1.29, 1.82) is 0 Å². The number of fused-ring (bicyclic) bond motifs is 1. The van der Waals surface area contributed by atoms with Gasteiger partial charge in [-0.05, 0) is 22.9 Å². The van der Waals surface area contributed by atoms with Crippen molar-refractivity contribution in [2.75, 3.05) is 6.61 Å². The first-order chi connectivity index (χ1) is 9.59. The highest BCUT2D eigenvalue weighted by atomic mass is 32.2. The topological polar surface area (TPSA) is 83.8 Å². The number of Topliss-reactive ketones (excluding diaryl/α,β-unsaturated/α-hetero) is 2. The number of ether oxygens (including phenoxy) is 1. The summed E-state index contributed by atoms with van der Waals surface area (Å²) >= 11 is 2.60. The zero-order chi connectivity index (χ0) is 14.3. The number of rotatable bonds is 0. The minimum absolute atomic E-state index is 0.0637. The molecule has 1 aromatic carbocycles. The van der Waals surface area contributed by atoms with Crippen LogP contribution in [0, 0.1) is 0 Å². The number of benzene rings is 1. The van der Waals surface area contributed by atoms with Gasteiger partial charge < -0.3 is 14.9 Å². The van der Waals surface area contributed by atoms with Gasteiger partial charge in [-0.1, -0.05) is 23.5 Å². The predicted molar refractivity (Wildman–Crippen MR) is 76.0 cm³/mol. The molecular weight excluding hydrogens is 300 g/mol. The van der Waals surface area contributed by atoms with Gasteiger partial charge in [-0.2, -0.15) is 0 Å². The molecule has 102 valence electrons. The first-order valence-corrected chi connectivity index (χ1v) is 7.33. The van der Waals surface area contributed by atoms with Crippen molar-refractivity contribution >= 4 is 35.1 Å². The van der Waals surface area contributed by atoms with E-state index in [0.717, 1.165) is 0 Å². The molecule has 2 N–H and O–H groups in total. The molecule has 0 radical (unpaired) electrons. The smallest absolute Gasteiger partial charge is 0.205 e.